The number of aliphatic carboxylic acids is 1. The maximum absolute atomic E-state index is 12.4. The molecule has 10 heteroatoms. The molecule has 0 saturated carbocycles. The average molecular weight is 401 g/mol. The summed E-state index contributed by atoms with van der Waals surface area (Å²) >= 11 is 0. The maximum atomic E-state index is 12.4. The third-order valence-electron chi connectivity index (χ3n) is 5.15. The van der Waals surface area contributed by atoms with Crippen LogP contribution >= 0.6 is 0 Å². The van der Waals surface area contributed by atoms with Crippen LogP contribution in [0.25, 0.3) is 0 Å². The second-order valence-corrected chi connectivity index (χ2v) is 9.59. The first-order valence-electron chi connectivity index (χ1n) is 8.86. The molecule has 0 unspecified atom stereocenters. The number of nitrogens with zero attached hydrogens (tertiary/aromatic N) is 4. The Bertz CT molecular complexity index is 785. The van der Waals surface area contributed by atoms with Crippen molar-refractivity contribution in [2.24, 2.45) is 5.92 Å². The van der Waals surface area contributed by atoms with E-state index in [9.17, 15) is 13.2 Å². The van der Waals surface area contributed by atoms with Gasteiger partial charge in [0.25, 0.3) is 5.97 Å². The number of fused-ring (bicyclic) bond motifs is 1. The number of aryl methyl sites for hydroxylation is 2. The van der Waals surface area contributed by atoms with Gasteiger partial charge in [0, 0.05) is 56.8 Å². The van der Waals surface area contributed by atoms with Crippen LogP contribution in [-0.2, 0) is 26.0 Å². The molecule has 0 bridgehead atoms. The Labute approximate surface area is 159 Å². The van der Waals surface area contributed by atoms with Crippen molar-refractivity contribution in [1.82, 2.24) is 19.6 Å². The van der Waals surface area contributed by atoms with Gasteiger partial charge in [0.2, 0.25) is 5.91 Å². The van der Waals surface area contributed by atoms with Gasteiger partial charge in [0.05, 0.1) is 11.0 Å². The normalized spacial score (nSPS) is 25.8. The minimum atomic E-state index is -3.10. The lowest BCUT2D eigenvalue weighted by Crippen LogP contribution is -2.38. The first-order chi connectivity index (χ1) is 12.5. The fourth-order valence-corrected chi connectivity index (χ4v) is 6.24. The van der Waals surface area contributed by atoms with E-state index in [1.165, 1.54) is 0 Å². The number of carboxylic acid groups (broad SMARTS) is 1. The molecular weight excluding hydrogens is 372 g/mol. The van der Waals surface area contributed by atoms with E-state index in [0.29, 0.717) is 26.1 Å². The monoisotopic (exact) mass is 400 g/mol. The van der Waals surface area contributed by atoms with E-state index < -0.39 is 21.1 Å². The van der Waals surface area contributed by atoms with Crippen molar-refractivity contribution < 1.29 is 23.1 Å². The summed E-state index contributed by atoms with van der Waals surface area (Å²) in [6.45, 7) is 4.46. The standard InChI is InChI=1S/C15H24N4O3S.C2H4O2/c1-11-4-6-16-19(11)7-5-15(20)18-8-12-13(17(2)3)10-23(21,22)14(12)9-18;1-2(3)4/h4,6,12-14H,5,7-10H2,1-3H3;1H3,(H,3,4)/t12-,13+,14-;/m0./s1. The van der Waals surface area contributed by atoms with Gasteiger partial charge >= 0.3 is 0 Å². The molecule has 2 aliphatic heterocycles. The first-order valence-corrected chi connectivity index (χ1v) is 10.6. The third-order valence-corrected chi connectivity index (χ3v) is 7.38. The van der Waals surface area contributed by atoms with Gasteiger partial charge in [0.15, 0.2) is 9.84 Å². The number of aromatic nitrogens is 2. The summed E-state index contributed by atoms with van der Waals surface area (Å²) in [6, 6.07) is 1.91. The summed E-state index contributed by atoms with van der Waals surface area (Å²) in [5, 5.41) is 11.2. The summed E-state index contributed by atoms with van der Waals surface area (Å²) in [4.78, 5) is 25.1. The van der Waals surface area contributed by atoms with Crippen molar-refractivity contribution in [1.29, 1.82) is 0 Å². The third kappa shape index (κ3) is 5.07. The molecule has 2 aliphatic rings. The van der Waals surface area contributed by atoms with Crippen LogP contribution in [0.15, 0.2) is 12.3 Å². The van der Waals surface area contributed by atoms with Crippen molar-refractivity contribution in [2.45, 2.75) is 38.1 Å². The summed E-state index contributed by atoms with van der Waals surface area (Å²) in [7, 11) is 0.718. The van der Waals surface area contributed by atoms with Crippen LogP contribution in [0.3, 0.4) is 0 Å². The highest BCUT2D eigenvalue weighted by atomic mass is 32.2. The second kappa shape index (κ2) is 8.39. The molecule has 1 aromatic heterocycles. The summed E-state index contributed by atoms with van der Waals surface area (Å²) in [6.07, 6.45) is 2.07. The molecule has 1 aromatic rings. The fraction of sp³-hybridized carbons (Fsp3) is 0.706. The van der Waals surface area contributed by atoms with Gasteiger partial charge in [-0.15, -0.1) is 0 Å². The Morgan fingerprint density at radius 2 is 1.96 bits per heavy atom. The number of carbonyl (C=O) groups excluding carboxylic acids is 1. The predicted molar refractivity (Wildman–Crippen MR) is 100 cm³/mol. The number of amides is 1. The molecule has 1 amide bonds. The molecule has 0 spiro atoms. The second-order valence-electron chi connectivity index (χ2n) is 7.33. The highest BCUT2D eigenvalue weighted by Gasteiger charge is 2.53. The molecule has 3 rings (SSSR count). The molecule has 0 aliphatic carbocycles. The summed E-state index contributed by atoms with van der Waals surface area (Å²) < 4.78 is 26.5. The zero-order chi connectivity index (χ0) is 20.4. The fourth-order valence-electron chi connectivity index (χ4n) is 3.76. The molecule has 3 atom stereocenters. The van der Waals surface area contributed by atoms with Crippen molar-refractivity contribution in [3.05, 3.63) is 18.0 Å². The number of hydrogen-bond donors (Lipinski definition) is 1. The van der Waals surface area contributed by atoms with E-state index >= 15 is 0 Å². The van der Waals surface area contributed by atoms with Gasteiger partial charge in [-0.3, -0.25) is 14.3 Å². The molecule has 0 radical (unpaired) electrons. The van der Waals surface area contributed by atoms with Gasteiger partial charge in [-0.05, 0) is 27.1 Å². The molecular formula is C17H28N4O5S. The van der Waals surface area contributed by atoms with Gasteiger partial charge in [-0.1, -0.05) is 0 Å². The highest BCUT2D eigenvalue weighted by molar-refractivity contribution is 7.92. The average Bonchev–Trinajstić information content (AvgIpc) is 3.21. The van der Waals surface area contributed by atoms with Crippen LogP contribution in [0.1, 0.15) is 19.0 Å². The Balaban J connectivity index is 0.000000596. The summed E-state index contributed by atoms with van der Waals surface area (Å²) in [5.41, 5.74) is 1.02. The molecule has 2 fully saturated rings. The van der Waals surface area contributed by atoms with Gasteiger partial charge in [-0.25, -0.2) is 8.42 Å². The Morgan fingerprint density at radius 3 is 2.48 bits per heavy atom. The van der Waals surface area contributed by atoms with Crippen LogP contribution in [0.4, 0.5) is 0 Å². The number of hydrogen-bond acceptors (Lipinski definition) is 6. The van der Waals surface area contributed by atoms with E-state index in [4.69, 9.17) is 9.90 Å². The van der Waals surface area contributed by atoms with Crippen LogP contribution in [0.5, 0.6) is 0 Å². The Morgan fingerprint density at radius 1 is 1.33 bits per heavy atom. The predicted octanol–water partition coefficient (Wildman–Crippen LogP) is -0.142. The molecule has 9 nitrogen and oxygen atoms in total. The summed E-state index contributed by atoms with van der Waals surface area (Å²) in [5.74, 6) is -0.573. The van der Waals surface area contributed by atoms with Crippen molar-refractivity contribution in [3.8, 4) is 0 Å². The molecule has 0 aromatic carbocycles. The lowest BCUT2D eigenvalue weighted by molar-refractivity contribution is -0.134. The lowest BCUT2D eigenvalue weighted by Gasteiger charge is -2.25. The molecule has 3 heterocycles. The van der Waals surface area contributed by atoms with Crippen molar-refractivity contribution in [3.63, 3.8) is 0 Å². The number of carboxylic acids is 1. The van der Waals surface area contributed by atoms with E-state index in [1.807, 2.05) is 32.0 Å². The molecule has 1 N–H and O–H groups in total. The van der Waals surface area contributed by atoms with Gasteiger partial charge in [0.1, 0.15) is 0 Å². The van der Waals surface area contributed by atoms with Crippen LogP contribution in [-0.4, -0.2) is 89.2 Å². The number of rotatable bonds is 4. The van der Waals surface area contributed by atoms with Gasteiger partial charge < -0.3 is 14.9 Å². The van der Waals surface area contributed by atoms with E-state index in [-0.39, 0.29) is 23.6 Å². The molecule has 152 valence electrons. The Hall–Kier alpha value is -1.94. The van der Waals surface area contributed by atoms with E-state index in [1.54, 1.807) is 15.8 Å². The minimum absolute atomic E-state index is 0.0103. The lowest BCUT2D eigenvalue weighted by atomic mass is 10.00. The zero-order valence-electron chi connectivity index (χ0n) is 16.2. The minimum Gasteiger partial charge on any atom is -0.481 e. The number of carbonyl (C=O) groups is 2. The van der Waals surface area contributed by atoms with Crippen molar-refractivity contribution in [2.75, 3.05) is 32.9 Å². The highest BCUT2D eigenvalue weighted by Crippen LogP contribution is 2.36. The van der Waals surface area contributed by atoms with Crippen molar-refractivity contribution >= 4 is 21.7 Å². The van der Waals surface area contributed by atoms with Crippen LogP contribution < -0.4 is 0 Å². The smallest absolute Gasteiger partial charge is 0.300 e. The number of sulfone groups is 1. The SMILES string of the molecule is CC(=O)O.Cc1ccnn1CCC(=O)N1C[C@H]2[C@H](N(C)C)CS(=O)(=O)[C@H]2C1. The van der Waals surface area contributed by atoms with Crippen LogP contribution in [0.2, 0.25) is 0 Å². The Kier molecular flexibility index (Phi) is 6.63. The van der Waals surface area contributed by atoms with E-state index in [0.717, 1.165) is 12.6 Å². The van der Waals surface area contributed by atoms with Gasteiger partial charge in [-0.2, -0.15) is 5.10 Å². The molecule has 2 saturated heterocycles. The maximum Gasteiger partial charge on any atom is 0.300 e. The zero-order valence-corrected chi connectivity index (χ0v) is 17.0. The van der Waals surface area contributed by atoms with E-state index in [2.05, 4.69) is 5.10 Å². The quantitative estimate of drug-likeness (QED) is 0.748. The topological polar surface area (TPSA) is 113 Å². The first kappa shape index (κ1) is 21.4. The number of likely N-dealkylation sites (tertiary alicyclic amines) is 1. The largest absolute Gasteiger partial charge is 0.481 e. The molecule has 27 heavy (non-hydrogen) atoms. The van der Waals surface area contributed by atoms with Crippen LogP contribution in [0, 0.1) is 12.8 Å².